The van der Waals surface area contributed by atoms with E-state index < -0.39 is 23.5 Å². The molecule has 0 bridgehead atoms. The molecule has 0 aliphatic carbocycles. The molecule has 0 unspecified atom stereocenters. The van der Waals surface area contributed by atoms with Crippen LogP contribution in [-0.4, -0.2) is 27.9 Å². The zero-order valence-corrected chi connectivity index (χ0v) is 23.8. The number of hydrogen-bond donors (Lipinski definition) is 1. The van der Waals surface area contributed by atoms with Gasteiger partial charge in [0.15, 0.2) is 5.13 Å². The lowest BCUT2D eigenvalue weighted by molar-refractivity contribution is -0.132. The van der Waals surface area contributed by atoms with Crippen LogP contribution < -0.4 is 14.4 Å². The minimum atomic E-state index is -1.01. The summed E-state index contributed by atoms with van der Waals surface area (Å²) in [4.78, 5) is 33.2. The Morgan fingerprint density at radius 1 is 1.05 bits per heavy atom. The van der Waals surface area contributed by atoms with Crippen molar-refractivity contribution in [2.75, 3.05) is 4.90 Å². The predicted octanol–water partition coefficient (Wildman–Crippen LogP) is 6.96. The lowest BCUT2D eigenvalue weighted by atomic mass is 9.94. The highest BCUT2D eigenvalue weighted by atomic mass is 32.1. The molecule has 2 aliphatic rings. The van der Waals surface area contributed by atoms with E-state index >= 15 is 0 Å². The highest BCUT2D eigenvalue weighted by molar-refractivity contribution is 7.22. The van der Waals surface area contributed by atoms with Crippen LogP contribution in [-0.2, 0) is 22.6 Å². The number of benzene rings is 4. The van der Waals surface area contributed by atoms with E-state index in [0.717, 1.165) is 28.2 Å². The molecule has 3 heterocycles. The van der Waals surface area contributed by atoms with E-state index in [-0.39, 0.29) is 22.6 Å². The number of carbonyl (C=O) groups is 2. The van der Waals surface area contributed by atoms with Crippen LogP contribution in [0.1, 0.15) is 35.2 Å². The van der Waals surface area contributed by atoms with Gasteiger partial charge in [-0.1, -0.05) is 53.8 Å². The minimum absolute atomic E-state index is 0.000439. The summed E-state index contributed by atoms with van der Waals surface area (Å²) >= 11 is 1.10. The maximum absolute atomic E-state index is 14.0. The molecule has 5 aromatic rings. The van der Waals surface area contributed by atoms with Crippen LogP contribution >= 0.6 is 11.3 Å². The van der Waals surface area contributed by atoms with Gasteiger partial charge >= 0.3 is 5.91 Å². The Balaban J connectivity index is 1.35. The number of aliphatic hydroxyl groups excluding tert-OH is 1. The summed E-state index contributed by atoms with van der Waals surface area (Å²) in [6, 6.07) is 25.2. The van der Waals surface area contributed by atoms with Crippen molar-refractivity contribution in [1.29, 1.82) is 0 Å². The Labute approximate surface area is 250 Å². The third-order valence-electron chi connectivity index (χ3n) is 7.58. The van der Waals surface area contributed by atoms with Crippen molar-refractivity contribution < 1.29 is 28.6 Å². The fourth-order valence-electron chi connectivity index (χ4n) is 5.57. The van der Waals surface area contributed by atoms with Crippen LogP contribution in [0.15, 0.2) is 96.6 Å². The van der Waals surface area contributed by atoms with Gasteiger partial charge in [-0.2, -0.15) is 0 Å². The summed E-state index contributed by atoms with van der Waals surface area (Å²) in [6.45, 7) is 2.28. The molecule has 2 atom stereocenters. The van der Waals surface area contributed by atoms with E-state index in [4.69, 9.17) is 9.47 Å². The van der Waals surface area contributed by atoms with Crippen LogP contribution in [0.5, 0.6) is 11.5 Å². The Morgan fingerprint density at radius 2 is 1.88 bits per heavy atom. The minimum Gasteiger partial charge on any atom is -0.507 e. The summed E-state index contributed by atoms with van der Waals surface area (Å²) in [5.74, 6) is -1.14. The fraction of sp³-hybridized carbons (Fsp3) is 0.147. The first kappa shape index (κ1) is 26.9. The van der Waals surface area contributed by atoms with E-state index in [1.807, 2.05) is 37.3 Å². The van der Waals surface area contributed by atoms with Gasteiger partial charge in [-0.25, -0.2) is 9.37 Å². The summed E-state index contributed by atoms with van der Waals surface area (Å²) in [5, 5.41) is 11.9. The monoisotopic (exact) mass is 592 g/mol. The van der Waals surface area contributed by atoms with Gasteiger partial charge in [0.1, 0.15) is 35.8 Å². The lowest BCUT2D eigenvalue weighted by Crippen LogP contribution is -2.29. The molecule has 0 radical (unpaired) electrons. The number of carbonyl (C=O) groups excluding carboxylic acids is 2. The number of amides is 1. The molecule has 1 fully saturated rings. The molecule has 214 valence electrons. The van der Waals surface area contributed by atoms with Gasteiger partial charge in [0.2, 0.25) is 0 Å². The van der Waals surface area contributed by atoms with E-state index in [1.165, 1.54) is 23.1 Å². The summed E-state index contributed by atoms with van der Waals surface area (Å²) in [7, 11) is 0. The molecule has 1 N–H and O–H groups in total. The average Bonchev–Trinajstić information content (AvgIpc) is 3.68. The fourth-order valence-corrected chi connectivity index (χ4v) is 6.59. The first-order chi connectivity index (χ1) is 20.9. The third-order valence-corrected chi connectivity index (χ3v) is 8.60. The number of ether oxygens (including phenoxy) is 2. The zero-order valence-electron chi connectivity index (χ0n) is 23.0. The molecule has 7 nitrogen and oxygen atoms in total. The van der Waals surface area contributed by atoms with Crippen molar-refractivity contribution in [3.8, 4) is 11.5 Å². The number of thiazole rings is 1. The van der Waals surface area contributed by atoms with Crippen LogP contribution in [0.4, 0.5) is 9.52 Å². The van der Waals surface area contributed by atoms with Crippen LogP contribution in [0.25, 0.3) is 16.0 Å². The Kier molecular flexibility index (Phi) is 6.66. The maximum Gasteiger partial charge on any atom is 0.301 e. The predicted molar refractivity (Wildman–Crippen MR) is 162 cm³/mol. The first-order valence-corrected chi connectivity index (χ1v) is 14.6. The van der Waals surface area contributed by atoms with E-state index in [9.17, 15) is 19.1 Å². The van der Waals surface area contributed by atoms with E-state index in [2.05, 4.69) is 4.98 Å². The van der Waals surface area contributed by atoms with Gasteiger partial charge in [-0.3, -0.25) is 14.5 Å². The molecule has 2 aliphatic heterocycles. The maximum atomic E-state index is 14.0. The van der Waals surface area contributed by atoms with Crippen molar-refractivity contribution in [1.82, 2.24) is 4.98 Å². The van der Waals surface area contributed by atoms with Gasteiger partial charge in [0.25, 0.3) is 5.78 Å². The topological polar surface area (TPSA) is 89.0 Å². The van der Waals surface area contributed by atoms with Crippen LogP contribution in [0.2, 0.25) is 0 Å². The van der Waals surface area contributed by atoms with Crippen LogP contribution in [0.3, 0.4) is 0 Å². The number of aromatic nitrogens is 1. The van der Waals surface area contributed by atoms with Crippen molar-refractivity contribution in [3.63, 3.8) is 0 Å². The second-order valence-electron chi connectivity index (χ2n) is 10.6. The number of halogens is 1. The number of nitrogens with zero attached hydrogens (tertiary/aromatic N) is 2. The Hall–Kier alpha value is -5.02. The van der Waals surface area contributed by atoms with Crippen molar-refractivity contribution in [3.05, 3.63) is 125 Å². The number of aliphatic hydroxyl groups is 1. The molecule has 9 heteroatoms. The number of Topliss-reactive ketones (excluding diaryl/α,β-unsaturated/α-hetero) is 1. The molecule has 1 amide bonds. The number of fused-ring (bicyclic) bond motifs is 2. The van der Waals surface area contributed by atoms with Crippen LogP contribution in [0, 0.1) is 5.82 Å². The van der Waals surface area contributed by atoms with Gasteiger partial charge in [-0.05, 0) is 72.1 Å². The van der Waals surface area contributed by atoms with Gasteiger partial charge in [0.05, 0.1) is 21.8 Å². The molecule has 0 saturated carbocycles. The molecule has 1 saturated heterocycles. The normalized spacial score (nSPS) is 19.1. The van der Waals surface area contributed by atoms with Gasteiger partial charge in [-0.15, -0.1) is 0 Å². The second-order valence-corrected chi connectivity index (χ2v) is 11.6. The molecule has 4 aromatic carbocycles. The molecule has 1 aromatic heterocycles. The van der Waals surface area contributed by atoms with E-state index in [1.54, 1.807) is 42.5 Å². The summed E-state index contributed by atoms with van der Waals surface area (Å²) in [5.41, 5.74) is 3.27. The highest BCUT2D eigenvalue weighted by Gasteiger charge is 2.48. The number of anilines is 1. The lowest BCUT2D eigenvalue weighted by Gasteiger charge is -2.23. The summed E-state index contributed by atoms with van der Waals surface area (Å²) < 4.78 is 26.4. The first-order valence-electron chi connectivity index (χ1n) is 13.8. The second kappa shape index (κ2) is 10.7. The SMILES string of the molecule is C[C@H]1Cc2cc(C(O)=C3C(=O)C(=O)N(c4nc5ccc(F)cc5s4)[C@@H]3c3cccc(OCc4ccccc4)c3)ccc2O1. The van der Waals surface area contributed by atoms with E-state index in [0.29, 0.717) is 40.1 Å². The third kappa shape index (κ3) is 4.91. The van der Waals surface area contributed by atoms with Gasteiger partial charge in [0, 0.05) is 12.0 Å². The number of rotatable bonds is 6. The Morgan fingerprint density at radius 3 is 2.72 bits per heavy atom. The largest absolute Gasteiger partial charge is 0.507 e. The highest BCUT2D eigenvalue weighted by Crippen LogP contribution is 2.45. The number of hydrogen-bond acceptors (Lipinski definition) is 7. The van der Waals surface area contributed by atoms with Gasteiger partial charge < -0.3 is 14.6 Å². The Bertz CT molecular complexity index is 1940. The quantitative estimate of drug-likeness (QED) is 0.130. The molecule has 43 heavy (non-hydrogen) atoms. The average molecular weight is 593 g/mol. The smallest absolute Gasteiger partial charge is 0.301 e. The molecular formula is C34H25FN2O5S. The molecule has 7 rings (SSSR count). The summed E-state index contributed by atoms with van der Waals surface area (Å²) in [6.07, 6.45) is 0.664. The van der Waals surface area contributed by atoms with Crippen molar-refractivity contribution in [2.24, 2.45) is 0 Å². The number of ketones is 1. The molecular weight excluding hydrogens is 567 g/mol. The van der Waals surface area contributed by atoms with Crippen molar-refractivity contribution in [2.45, 2.75) is 32.1 Å². The zero-order chi connectivity index (χ0) is 29.7. The molecule has 0 spiro atoms. The van der Waals surface area contributed by atoms with Crippen molar-refractivity contribution >= 4 is 44.1 Å². The standard InChI is InChI=1S/C34H25FN2O5S/c1-19-14-23-15-22(10-13-27(23)42-19)31(38)29-30(21-8-5-9-25(16-21)41-18-20-6-3-2-4-7-20)37(33(40)32(29)39)34-36-26-12-11-24(35)17-28(26)43-34/h2-13,15-17,19,30,38H,14,18H2,1H3/t19-,30+/m0/s1.